The van der Waals surface area contributed by atoms with Crippen molar-refractivity contribution in [2.45, 2.75) is 359 Å². The van der Waals surface area contributed by atoms with E-state index in [-0.39, 0.29) is 72.8 Å². The number of ether oxygens (including phenoxy) is 7. The van der Waals surface area contributed by atoms with Gasteiger partial charge in [0, 0.05) is 109 Å². The molecule has 3 amide bonds. The summed E-state index contributed by atoms with van der Waals surface area (Å²) >= 11 is 0. The molecule has 10 N–H and O–H groups in total. The van der Waals surface area contributed by atoms with Crippen LogP contribution >= 0.6 is 0 Å². The molecule has 141 heavy (non-hydrogen) atoms. The van der Waals surface area contributed by atoms with Crippen LogP contribution in [0.15, 0.2) is 113 Å². The van der Waals surface area contributed by atoms with Crippen LogP contribution in [0.3, 0.4) is 0 Å². The van der Waals surface area contributed by atoms with Crippen molar-refractivity contribution >= 4 is 27.7 Å². The second-order valence-electron chi connectivity index (χ2n) is 43.3. The summed E-state index contributed by atoms with van der Waals surface area (Å²) in [5.41, 5.74) is 15.5. The molecule has 0 aliphatic carbocycles. The van der Waals surface area contributed by atoms with Crippen molar-refractivity contribution in [2.24, 2.45) is 82.9 Å². The Hall–Kier alpha value is -9.81. The fourth-order valence-corrected chi connectivity index (χ4v) is 16.6. The fraction of sp³-hybridized carbons (Fsp3) is 0.709. The lowest BCUT2D eigenvalue weighted by molar-refractivity contribution is -0.135. The average Bonchev–Trinajstić information content (AvgIpc) is 1.60. The highest BCUT2D eigenvalue weighted by Crippen LogP contribution is 2.33. The molecule has 0 fully saturated rings. The van der Waals surface area contributed by atoms with Gasteiger partial charge in [-0.05, 0) is 95.7 Å². The third-order valence-electron chi connectivity index (χ3n) is 22.5. The molecular formula is C110H193N15O15S. The molecule has 30 nitrogen and oxygen atoms in total. The number of hydrogen-bond acceptors (Lipinski definition) is 22. The Morgan fingerprint density at radius 2 is 0.574 bits per heavy atom. The third-order valence-corrected chi connectivity index (χ3v) is 23.5. The number of nitrogens with one attached hydrogen (secondary N) is 10. The first-order valence-corrected chi connectivity index (χ1v) is 53.4. The zero-order valence-electron chi connectivity index (χ0n) is 95.8. The molecule has 0 bridgehead atoms. The van der Waals surface area contributed by atoms with Gasteiger partial charge in [-0.3, -0.25) is 48.6 Å². The Morgan fingerprint density at radius 3 is 0.844 bits per heavy atom. The van der Waals surface area contributed by atoms with E-state index in [2.05, 4.69) is 293 Å². The Balaban J connectivity index is 0.000000776. The minimum atomic E-state index is -3.27. The van der Waals surface area contributed by atoms with Crippen LogP contribution in [0.5, 0.6) is 0 Å². The molecule has 7 aliphatic rings. The van der Waals surface area contributed by atoms with Gasteiger partial charge in [0.05, 0.1) is 68.3 Å². The zero-order valence-corrected chi connectivity index (χ0v) is 96.6. The van der Waals surface area contributed by atoms with E-state index in [9.17, 15) is 37.2 Å². The molecule has 11 rings (SSSR count). The molecule has 0 spiro atoms. The number of imidazole rings is 1. The van der Waals surface area contributed by atoms with Gasteiger partial charge in [0.2, 0.25) is 5.94 Å². The number of aromatic nitrogens is 8. The molecule has 11 heterocycles. The van der Waals surface area contributed by atoms with Crippen molar-refractivity contribution in [3.8, 4) is 0 Å². The van der Waals surface area contributed by atoms with Gasteiger partial charge in [0.25, 0.3) is 27.7 Å². The molecule has 7 aliphatic heterocycles. The Kier molecular flexibility index (Phi) is 57.4. The first kappa shape index (κ1) is 129. The number of H-pyrrole nitrogens is 4. The number of likely N-dealkylation sites (N-methyl/N-ethyl adjacent to an activating group) is 1. The molecule has 804 valence electrons. The van der Waals surface area contributed by atoms with Crippen LogP contribution in [0.1, 0.15) is 403 Å². The van der Waals surface area contributed by atoms with Crippen molar-refractivity contribution in [1.82, 2.24) is 76.1 Å². The number of aryl methyl sites for hydroxylation is 1. The molecule has 31 heteroatoms. The number of carbonyl (C=O) groups excluding carboxylic acids is 3. The number of rotatable bonds is 22. The molecule has 0 atom stereocenters. The molecule has 0 saturated carbocycles. The highest BCUT2D eigenvalue weighted by Gasteiger charge is 2.32. The number of aromatic amines is 4. The summed E-state index contributed by atoms with van der Waals surface area (Å²) in [6.07, 6.45) is 5.38. The number of hydrogen-bond donors (Lipinski definition) is 10. The largest absolute Gasteiger partial charge is 0.494 e. The van der Waals surface area contributed by atoms with E-state index in [0.717, 1.165) is 148 Å². The lowest BCUT2D eigenvalue weighted by Gasteiger charge is -2.32. The fourth-order valence-electron chi connectivity index (χ4n) is 15.6. The van der Waals surface area contributed by atoms with E-state index in [1.54, 1.807) is 17.3 Å². The van der Waals surface area contributed by atoms with Crippen LogP contribution in [-0.2, 0) is 57.6 Å². The van der Waals surface area contributed by atoms with Gasteiger partial charge in [0.1, 0.15) is 60.1 Å². The molecule has 4 aromatic heterocycles. The van der Waals surface area contributed by atoms with Gasteiger partial charge in [-0.25, -0.2) is 13.2 Å². The van der Waals surface area contributed by atoms with Gasteiger partial charge < -0.3 is 84.6 Å². The minimum absolute atomic E-state index is 0.0399. The smallest absolute Gasteiger partial charge is 0.323 e. The van der Waals surface area contributed by atoms with Gasteiger partial charge >= 0.3 is 16.8 Å². The molecule has 0 saturated heterocycles. The van der Waals surface area contributed by atoms with Crippen molar-refractivity contribution in [3.63, 3.8) is 0 Å². The number of sulfonamides is 1. The summed E-state index contributed by atoms with van der Waals surface area (Å²) < 4.78 is 63.5. The lowest BCUT2D eigenvalue weighted by Crippen LogP contribution is -2.38. The zero-order chi connectivity index (χ0) is 109. The topological polar surface area (TPSA) is 391 Å². The normalized spacial score (nSPS) is 15.9. The summed E-state index contributed by atoms with van der Waals surface area (Å²) in [6, 6.07) is 0. The maximum absolute atomic E-state index is 11.4. The molecule has 0 unspecified atom stereocenters. The van der Waals surface area contributed by atoms with E-state index in [0.29, 0.717) is 112 Å². The lowest BCUT2D eigenvalue weighted by atomic mass is 10.0. The highest BCUT2D eigenvalue weighted by molar-refractivity contribution is 7.89. The van der Waals surface area contributed by atoms with Gasteiger partial charge in [-0.1, -0.05) is 305 Å². The predicted octanol–water partition coefficient (Wildman–Crippen LogP) is 22.1. The SMILES string of the molecule is CC(C)C1=C(C(C)C)N(C)C(=O)CO1.CC(C)C1=C(C(C)C)OCC(=O)N1.CC(C)C1=C(C(C)C)OCC(=O)N1.CC(C)C1=C(C(C)C)OCCN1.CC(C)C1=C(C(C)C)OCCN1.CC(C)C1=C(C(C)C)OCCN1.CC(C)C1=C(C(C)C)OCS(=O)(=O)N1.CC(C)c1[nH]c(=O)[nH]c1C(C)C.CC(C)c1[nH]c(=O)c(=O)[nH]c1C(C)C.CC(C)c1nccnc1C(C)C.Cc1cnc(C(C)C)c(C(C)C)n1. The van der Waals surface area contributed by atoms with Crippen LogP contribution < -0.4 is 48.1 Å². The first-order valence-electron chi connectivity index (χ1n) is 51.8. The quantitative estimate of drug-likeness (QED) is 0.0327. The maximum Gasteiger partial charge on any atom is 0.323 e. The van der Waals surface area contributed by atoms with E-state index in [1.807, 2.05) is 103 Å². The van der Waals surface area contributed by atoms with E-state index in [4.69, 9.17) is 33.2 Å². The second-order valence-corrected chi connectivity index (χ2v) is 45.0. The summed E-state index contributed by atoms with van der Waals surface area (Å²) in [5.74, 6) is 15.1. The Morgan fingerprint density at radius 1 is 0.298 bits per heavy atom. The molecule has 4 aromatic rings. The molecule has 0 aromatic carbocycles. The average molecular weight is 2000 g/mol. The van der Waals surface area contributed by atoms with Crippen LogP contribution in [0.25, 0.3) is 0 Å². The predicted molar refractivity (Wildman–Crippen MR) is 574 cm³/mol. The monoisotopic (exact) mass is 2000 g/mol. The third kappa shape index (κ3) is 43.7. The van der Waals surface area contributed by atoms with Crippen LogP contribution in [0.2, 0.25) is 0 Å². The van der Waals surface area contributed by atoms with Crippen LogP contribution in [0, 0.1) is 89.8 Å². The van der Waals surface area contributed by atoms with Gasteiger partial charge in [-0.2, -0.15) is 0 Å². The summed E-state index contributed by atoms with van der Waals surface area (Å²) in [6.45, 7) is 100. The second kappa shape index (κ2) is 62.7. The molecular weight excluding hydrogens is 1800 g/mol. The van der Waals surface area contributed by atoms with Crippen molar-refractivity contribution in [3.05, 3.63) is 181 Å². The summed E-state index contributed by atoms with van der Waals surface area (Å²) in [7, 11) is -1.45. The van der Waals surface area contributed by atoms with Crippen LogP contribution in [0.4, 0.5) is 0 Å². The maximum atomic E-state index is 11.4. The summed E-state index contributed by atoms with van der Waals surface area (Å²) in [4.78, 5) is 97.1. The van der Waals surface area contributed by atoms with Gasteiger partial charge in [0.15, 0.2) is 19.8 Å². The Labute approximate surface area is 850 Å². The summed E-state index contributed by atoms with van der Waals surface area (Å²) in [5, 5.41) is 15.9. The van der Waals surface area contributed by atoms with Crippen molar-refractivity contribution in [2.75, 3.05) is 72.3 Å². The van der Waals surface area contributed by atoms with E-state index < -0.39 is 21.1 Å². The van der Waals surface area contributed by atoms with Crippen LogP contribution in [-0.4, -0.2) is 143 Å². The minimum Gasteiger partial charge on any atom is -0.494 e. The molecule has 0 radical (unpaired) electrons. The van der Waals surface area contributed by atoms with E-state index >= 15 is 0 Å². The number of amides is 3. The van der Waals surface area contributed by atoms with Gasteiger partial charge in [-0.15, -0.1) is 0 Å². The van der Waals surface area contributed by atoms with Crippen molar-refractivity contribution < 1.29 is 56.0 Å². The number of nitrogens with zero attached hydrogens (tertiary/aromatic N) is 5. The highest BCUT2D eigenvalue weighted by atomic mass is 32.2. The van der Waals surface area contributed by atoms with E-state index in [1.165, 1.54) is 17.1 Å². The number of allylic oxidation sites excluding steroid dienone is 14. The Bertz CT molecular complexity index is 4740. The number of carbonyl (C=O) groups is 3. The standard InChI is InChI=1S/C11H18N2.C11H19NO2.C10H16N2O2.C10H16N2.2C10H17NO2.3C10H19NO.C9H16N2O.C9H17NO3S/c1-7(2)10-11(8(3)4)13-9(5)6-12-10;1-7(2)10-11(8(3)4)14-6-9(13)12(10)5;1-5(2)7-8(6(3)4)12-10(14)9(13)11-7;1-7(2)9-10(8(3)4)12-6-5-11-9;2*1-6(2)9-10(7(3)4)13-5-8(12)11-9;3*1-7(2)9-10(8(3)4)12-6-5-11-9;1-5(2)7-8(6(3)4)11-9(12)10-7;1-6(2)8-9(7(3)4)13-5-14(11,12)10-8/h6-8H,1-5H3;7-8H,6H2,1-5H3;5-6H,1-4H3,(H,11,13)(H,12,14);5-8H,1-4H3;2*6-7H,5H2,1-4H3,(H,11,12);3*7-8,11H,5-6H2,1-4H3;5-6H,1-4H3,(H2,10,11,12);6-7,10H,5H2,1-4H3. The first-order chi connectivity index (χ1) is 65.3. The van der Waals surface area contributed by atoms with Crippen molar-refractivity contribution in [1.29, 1.82) is 0 Å².